The first-order chi connectivity index (χ1) is 14.7. The molecule has 0 bridgehead atoms. The number of carbonyl (C=O) groups is 1. The van der Waals surface area contributed by atoms with Gasteiger partial charge in [0.15, 0.2) is 0 Å². The Labute approximate surface area is 179 Å². The van der Waals surface area contributed by atoms with Crippen LogP contribution >= 0.6 is 0 Å². The quantitative estimate of drug-likeness (QED) is 0.490. The number of nitrogens with one attached hydrogen (secondary N) is 2. The van der Waals surface area contributed by atoms with Gasteiger partial charge in [0.1, 0.15) is 11.6 Å². The normalized spacial score (nSPS) is 14.2. The van der Waals surface area contributed by atoms with Crippen molar-refractivity contribution >= 4 is 23.0 Å². The highest BCUT2D eigenvalue weighted by Crippen LogP contribution is 2.24. The SMILES string of the molecule is CCc1cccc(CC)c1NC(=O)/C(C#N)=C\Nc1ccc(N2CCCCC2)cc1. The molecule has 1 fully saturated rings. The lowest BCUT2D eigenvalue weighted by Gasteiger charge is -2.28. The van der Waals surface area contributed by atoms with Gasteiger partial charge < -0.3 is 15.5 Å². The Bertz CT molecular complexity index is 912. The van der Waals surface area contributed by atoms with Gasteiger partial charge in [0.25, 0.3) is 5.91 Å². The second kappa shape index (κ2) is 10.5. The number of para-hydroxylation sites is 1. The molecule has 1 saturated heterocycles. The highest BCUT2D eigenvalue weighted by atomic mass is 16.1. The third kappa shape index (κ3) is 5.21. The second-order valence-corrected chi connectivity index (χ2v) is 7.52. The fraction of sp³-hybridized carbons (Fsp3) is 0.360. The Morgan fingerprint density at radius 3 is 2.23 bits per heavy atom. The van der Waals surface area contributed by atoms with Crippen LogP contribution in [0.4, 0.5) is 17.1 Å². The Balaban J connectivity index is 1.69. The molecule has 1 amide bonds. The van der Waals surface area contributed by atoms with E-state index in [1.54, 1.807) is 0 Å². The van der Waals surface area contributed by atoms with Gasteiger partial charge in [0.05, 0.1) is 0 Å². The summed E-state index contributed by atoms with van der Waals surface area (Å²) in [5.74, 6) is -0.398. The van der Waals surface area contributed by atoms with E-state index in [1.807, 2.05) is 36.4 Å². The first kappa shape index (κ1) is 21.4. The maximum Gasteiger partial charge on any atom is 0.267 e. The van der Waals surface area contributed by atoms with E-state index in [2.05, 4.69) is 41.5 Å². The van der Waals surface area contributed by atoms with Gasteiger partial charge in [-0.15, -0.1) is 0 Å². The summed E-state index contributed by atoms with van der Waals surface area (Å²) in [6, 6.07) is 16.2. The van der Waals surface area contributed by atoms with Gasteiger partial charge in [-0.05, 0) is 67.5 Å². The molecule has 2 aromatic rings. The van der Waals surface area contributed by atoms with Crippen molar-refractivity contribution in [3.05, 3.63) is 65.4 Å². The third-order valence-electron chi connectivity index (χ3n) is 5.57. The maximum absolute atomic E-state index is 12.7. The number of hydrogen-bond donors (Lipinski definition) is 2. The molecule has 0 aliphatic carbocycles. The van der Waals surface area contributed by atoms with Gasteiger partial charge in [-0.25, -0.2) is 0 Å². The largest absolute Gasteiger partial charge is 0.372 e. The number of carbonyl (C=O) groups excluding carboxylic acids is 1. The molecule has 5 heteroatoms. The molecule has 3 rings (SSSR count). The van der Waals surface area contributed by atoms with Gasteiger partial charge in [0.2, 0.25) is 0 Å². The monoisotopic (exact) mass is 402 g/mol. The van der Waals surface area contributed by atoms with Gasteiger partial charge in [-0.3, -0.25) is 4.79 Å². The van der Waals surface area contributed by atoms with Crippen LogP contribution in [0.15, 0.2) is 54.2 Å². The third-order valence-corrected chi connectivity index (χ3v) is 5.57. The minimum Gasteiger partial charge on any atom is -0.372 e. The highest BCUT2D eigenvalue weighted by molar-refractivity contribution is 6.07. The molecule has 2 N–H and O–H groups in total. The van der Waals surface area contributed by atoms with Crippen LogP contribution in [0, 0.1) is 11.3 Å². The van der Waals surface area contributed by atoms with E-state index in [9.17, 15) is 10.1 Å². The number of benzene rings is 2. The second-order valence-electron chi connectivity index (χ2n) is 7.52. The molecule has 2 aromatic carbocycles. The van der Waals surface area contributed by atoms with Crippen LogP contribution in [0.25, 0.3) is 0 Å². The number of aryl methyl sites for hydroxylation is 2. The van der Waals surface area contributed by atoms with Crippen LogP contribution in [-0.2, 0) is 17.6 Å². The maximum atomic E-state index is 12.7. The standard InChI is InChI=1S/C25H30N4O/c1-3-19-9-8-10-20(4-2)24(19)28-25(30)21(17-26)18-27-22-11-13-23(14-12-22)29-15-6-5-7-16-29/h8-14,18,27H,3-7,15-16H2,1-2H3,(H,28,30)/b21-18-. The van der Waals surface area contributed by atoms with Crippen molar-refractivity contribution in [3.63, 3.8) is 0 Å². The van der Waals surface area contributed by atoms with E-state index >= 15 is 0 Å². The summed E-state index contributed by atoms with van der Waals surface area (Å²) >= 11 is 0. The first-order valence-corrected chi connectivity index (χ1v) is 10.8. The molecule has 1 aliphatic heterocycles. The van der Waals surface area contributed by atoms with Crippen LogP contribution in [0.5, 0.6) is 0 Å². The summed E-state index contributed by atoms with van der Waals surface area (Å²) in [7, 11) is 0. The molecule has 1 aliphatic rings. The van der Waals surface area contributed by atoms with E-state index in [1.165, 1.54) is 31.1 Å². The summed E-state index contributed by atoms with van der Waals surface area (Å²) in [5, 5.41) is 15.5. The number of nitrogens with zero attached hydrogens (tertiary/aromatic N) is 2. The van der Waals surface area contributed by atoms with Crippen LogP contribution < -0.4 is 15.5 Å². The number of rotatable bonds is 7. The Morgan fingerprint density at radius 1 is 1.03 bits per heavy atom. The molecular formula is C25H30N4O. The van der Waals surface area contributed by atoms with Crippen molar-refractivity contribution in [2.45, 2.75) is 46.0 Å². The summed E-state index contributed by atoms with van der Waals surface area (Å²) < 4.78 is 0. The van der Waals surface area contributed by atoms with E-state index in [0.29, 0.717) is 0 Å². The van der Waals surface area contributed by atoms with E-state index < -0.39 is 5.91 Å². The summed E-state index contributed by atoms with van der Waals surface area (Å²) in [5.41, 5.74) is 5.07. The van der Waals surface area contributed by atoms with Crippen LogP contribution in [0.3, 0.4) is 0 Å². The summed E-state index contributed by atoms with van der Waals surface area (Å²) in [4.78, 5) is 15.1. The first-order valence-electron chi connectivity index (χ1n) is 10.8. The minimum atomic E-state index is -0.398. The molecule has 30 heavy (non-hydrogen) atoms. The molecule has 0 radical (unpaired) electrons. The number of amides is 1. The highest BCUT2D eigenvalue weighted by Gasteiger charge is 2.14. The molecule has 0 saturated carbocycles. The molecule has 1 heterocycles. The van der Waals surface area contributed by atoms with Crippen molar-refractivity contribution in [2.75, 3.05) is 28.6 Å². The number of nitriles is 1. The zero-order valence-electron chi connectivity index (χ0n) is 17.9. The fourth-order valence-electron chi connectivity index (χ4n) is 3.81. The zero-order chi connectivity index (χ0) is 21.3. The molecule has 0 unspecified atom stereocenters. The Kier molecular flexibility index (Phi) is 7.51. The van der Waals surface area contributed by atoms with E-state index in [4.69, 9.17) is 0 Å². The van der Waals surface area contributed by atoms with Gasteiger partial charge in [-0.2, -0.15) is 5.26 Å². The van der Waals surface area contributed by atoms with Crippen molar-refractivity contribution in [1.29, 1.82) is 5.26 Å². The predicted molar refractivity (Wildman–Crippen MR) is 124 cm³/mol. The van der Waals surface area contributed by atoms with Gasteiger partial charge in [-0.1, -0.05) is 32.0 Å². The van der Waals surface area contributed by atoms with Crippen LogP contribution in [0.2, 0.25) is 0 Å². The Hall–Kier alpha value is -3.26. The lowest BCUT2D eigenvalue weighted by molar-refractivity contribution is -0.112. The van der Waals surface area contributed by atoms with Crippen molar-refractivity contribution in [2.24, 2.45) is 0 Å². The number of anilines is 3. The number of piperidine rings is 1. The van der Waals surface area contributed by atoms with Crippen molar-refractivity contribution in [3.8, 4) is 6.07 Å². The zero-order valence-corrected chi connectivity index (χ0v) is 17.9. The average molecular weight is 403 g/mol. The van der Waals surface area contributed by atoms with E-state index in [0.717, 1.165) is 48.4 Å². The summed E-state index contributed by atoms with van der Waals surface area (Å²) in [6.45, 7) is 6.32. The molecule has 5 nitrogen and oxygen atoms in total. The molecule has 0 aromatic heterocycles. The van der Waals surface area contributed by atoms with Crippen LogP contribution in [-0.4, -0.2) is 19.0 Å². The van der Waals surface area contributed by atoms with E-state index in [-0.39, 0.29) is 5.57 Å². The lowest BCUT2D eigenvalue weighted by atomic mass is 10.0. The van der Waals surface area contributed by atoms with Crippen molar-refractivity contribution in [1.82, 2.24) is 0 Å². The van der Waals surface area contributed by atoms with Gasteiger partial charge >= 0.3 is 0 Å². The minimum absolute atomic E-state index is 0.0445. The fourth-order valence-corrected chi connectivity index (χ4v) is 3.81. The summed E-state index contributed by atoms with van der Waals surface area (Å²) in [6.07, 6.45) is 6.90. The smallest absolute Gasteiger partial charge is 0.267 e. The lowest BCUT2D eigenvalue weighted by Crippen LogP contribution is -2.29. The topological polar surface area (TPSA) is 68.2 Å². The Morgan fingerprint density at radius 2 is 1.67 bits per heavy atom. The average Bonchev–Trinajstić information content (AvgIpc) is 2.80. The van der Waals surface area contributed by atoms with Crippen LogP contribution in [0.1, 0.15) is 44.2 Å². The number of hydrogen-bond acceptors (Lipinski definition) is 4. The van der Waals surface area contributed by atoms with Gasteiger partial charge in [0, 0.05) is 36.4 Å². The molecule has 0 spiro atoms. The molecular weight excluding hydrogens is 372 g/mol. The molecule has 0 atom stereocenters. The van der Waals surface area contributed by atoms with Crippen molar-refractivity contribution < 1.29 is 4.79 Å². The molecule has 156 valence electrons. The predicted octanol–water partition coefficient (Wildman–Crippen LogP) is 5.26.